The van der Waals surface area contributed by atoms with Gasteiger partial charge in [-0.25, -0.2) is 12.8 Å². The van der Waals surface area contributed by atoms with Crippen molar-refractivity contribution in [3.05, 3.63) is 39.8 Å². The molecule has 0 saturated carbocycles. The van der Waals surface area contributed by atoms with E-state index in [1.54, 1.807) is 12.3 Å². The second-order valence-corrected chi connectivity index (χ2v) is 6.91. The van der Waals surface area contributed by atoms with Gasteiger partial charge < -0.3 is 10.5 Å². The van der Waals surface area contributed by atoms with Crippen LogP contribution in [0.3, 0.4) is 0 Å². The van der Waals surface area contributed by atoms with Crippen LogP contribution in [0, 0.1) is 12.7 Å². The van der Waals surface area contributed by atoms with Crippen molar-refractivity contribution in [1.82, 2.24) is 0 Å². The van der Waals surface area contributed by atoms with E-state index in [9.17, 15) is 12.8 Å². The minimum Gasteiger partial charge on any atom is -0.494 e. The van der Waals surface area contributed by atoms with Crippen molar-refractivity contribution in [3.63, 3.8) is 0 Å². The molecule has 3 N–H and O–H groups in total. The highest BCUT2D eigenvalue weighted by Gasteiger charge is 2.22. The predicted molar refractivity (Wildman–Crippen MR) is 80.7 cm³/mol. The molecular weight excluding hydrogens is 315 g/mol. The van der Waals surface area contributed by atoms with E-state index in [0.717, 1.165) is 6.07 Å². The lowest BCUT2D eigenvalue weighted by atomic mass is 10.3. The highest BCUT2D eigenvalue weighted by atomic mass is 32.2. The zero-order valence-electron chi connectivity index (χ0n) is 11.5. The van der Waals surface area contributed by atoms with Gasteiger partial charge in [-0.05, 0) is 30.0 Å². The highest BCUT2D eigenvalue weighted by Crippen LogP contribution is 2.29. The standard InChI is InChI=1S/C13H15FN2O3S2/c1-8-7-20-12(6-15)13(8)21(17,18)16-9-3-4-11(19-2)10(14)5-9/h3-5,7,16H,6,15H2,1-2H3. The Hall–Kier alpha value is -1.64. The van der Waals surface area contributed by atoms with Gasteiger partial charge in [0.05, 0.1) is 12.8 Å². The van der Waals surface area contributed by atoms with Crippen molar-refractivity contribution in [2.45, 2.75) is 18.4 Å². The van der Waals surface area contributed by atoms with E-state index in [-0.39, 0.29) is 22.9 Å². The largest absolute Gasteiger partial charge is 0.494 e. The quantitative estimate of drug-likeness (QED) is 0.882. The summed E-state index contributed by atoms with van der Waals surface area (Å²) in [6.07, 6.45) is 0. The number of aryl methyl sites for hydroxylation is 1. The average molecular weight is 330 g/mol. The van der Waals surface area contributed by atoms with Crippen LogP contribution >= 0.6 is 11.3 Å². The molecule has 0 aliphatic heterocycles. The smallest absolute Gasteiger partial charge is 0.263 e. The molecule has 0 saturated heterocycles. The summed E-state index contributed by atoms with van der Waals surface area (Å²) in [5, 5.41) is 1.73. The van der Waals surface area contributed by atoms with Crippen LogP contribution in [-0.2, 0) is 16.6 Å². The van der Waals surface area contributed by atoms with E-state index < -0.39 is 15.8 Å². The Kier molecular flexibility index (Phi) is 4.50. The first-order valence-corrected chi connectivity index (χ1v) is 8.38. The van der Waals surface area contributed by atoms with Gasteiger partial charge in [0, 0.05) is 17.5 Å². The van der Waals surface area contributed by atoms with Gasteiger partial charge in [0.1, 0.15) is 4.90 Å². The van der Waals surface area contributed by atoms with Crippen LogP contribution in [0.15, 0.2) is 28.5 Å². The van der Waals surface area contributed by atoms with E-state index >= 15 is 0 Å². The minimum absolute atomic E-state index is 0.0484. The highest BCUT2D eigenvalue weighted by molar-refractivity contribution is 7.93. The summed E-state index contributed by atoms with van der Waals surface area (Å²) in [4.78, 5) is 0.722. The van der Waals surface area contributed by atoms with Crippen LogP contribution in [0.5, 0.6) is 5.75 Å². The van der Waals surface area contributed by atoms with E-state index in [2.05, 4.69) is 4.72 Å². The predicted octanol–water partition coefficient (Wildman–Crippen LogP) is 2.46. The van der Waals surface area contributed by atoms with Crippen LogP contribution in [0.1, 0.15) is 10.4 Å². The maximum absolute atomic E-state index is 13.6. The molecule has 0 fully saturated rings. The Bertz CT molecular complexity index is 757. The first kappa shape index (κ1) is 15.7. The number of thiophene rings is 1. The summed E-state index contributed by atoms with van der Waals surface area (Å²) in [5.74, 6) is -0.592. The Morgan fingerprint density at radius 3 is 2.71 bits per heavy atom. The van der Waals surface area contributed by atoms with Crippen LogP contribution in [0.2, 0.25) is 0 Å². The van der Waals surface area contributed by atoms with Gasteiger partial charge in [0.15, 0.2) is 11.6 Å². The van der Waals surface area contributed by atoms with Gasteiger partial charge in [-0.3, -0.25) is 4.72 Å². The first-order chi connectivity index (χ1) is 9.89. The lowest BCUT2D eigenvalue weighted by Gasteiger charge is -2.10. The summed E-state index contributed by atoms with van der Waals surface area (Å²) in [7, 11) is -2.47. The molecule has 8 heteroatoms. The first-order valence-electron chi connectivity index (χ1n) is 6.02. The number of benzene rings is 1. The molecule has 2 rings (SSSR count). The Balaban J connectivity index is 2.37. The summed E-state index contributed by atoms with van der Waals surface area (Å²) in [5.41, 5.74) is 6.30. The molecule has 1 aromatic carbocycles. The molecule has 114 valence electrons. The summed E-state index contributed by atoms with van der Waals surface area (Å²) in [6, 6.07) is 3.86. The number of anilines is 1. The Morgan fingerprint density at radius 2 is 2.14 bits per heavy atom. The fraction of sp³-hybridized carbons (Fsp3) is 0.231. The number of halogens is 1. The molecule has 1 aromatic heterocycles. The zero-order valence-corrected chi connectivity index (χ0v) is 13.1. The van der Waals surface area contributed by atoms with Crippen molar-refractivity contribution in [3.8, 4) is 5.75 Å². The van der Waals surface area contributed by atoms with Gasteiger partial charge in [-0.1, -0.05) is 0 Å². The molecule has 0 aliphatic rings. The maximum Gasteiger partial charge on any atom is 0.263 e. The maximum atomic E-state index is 13.6. The molecule has 0 spiro atoms. The third-order valence-corrected chi connectivity index (χ3v) is 5.71. The van der Waals surface area contributed by atoms with Crippen molar-refractivity contribution < 1.29 is 17.5 Å². The number of methoxy groups -OCH3 is 1. The number of nitrogens with two attached hydrogens (primary N) is 1. The van der Waals surface area contributed by atoms with E-state index in [1.807, 2.05) is 0 Å². The third kappa shape index (κ3) is 3.17. The van der Waals surface area contributed by atoms with Crippen LogP contribution < -0.4 is 15.2 Å². The second-order valence-electron chi connectivity index (χ2n) is 4.33. The van der Waals surface area contributed by atoms with Crippen molar-refractivity contribution >= 4 is 27.0 Å². The van der Waals surface area contributed by atoms with Gasteiger partial charge >= 0.3 is 0 Å². The topological polar surface area (TPSA) is 81.4 Å². The lowest BCUT2D eigenvalue weighted by molar-refractivity contribution is 0.386. The van der Waals surface area contributed by atoms with Gasteiger partial charge in [-0.15, -0.1) is 11.3 Å². The van der Waals surface area contributed by atoms with Crippen LogP contribution in [-0.4, -0.2) is 15.5 Å². The molecule has 0 bridgehead atoms. The number of rotatable bonds is 5. The molecular formula is C13H15FN2O3S2. The van der Waals surface area contributed by atoms with Crippen molar-refractivity contribution in [2.24, 2.45) is 5.73 Å². The molecule has 0 aliphatic carbocycles. The normalized spacial score (nSPS) is 11.4. The molecule has 0 unspecified atom stereocenters. The van der Waals surface area contributed by atoms with E-state index in [0.29, 0.717) is 10.4 Å². The molecule has 0 atom stereocenters. The number of hydrogen-bond donors (Lipinski definition) is 2. The molecule has 1 heterocycles. The monoisotopic (exact) mass is 330 g/mol. The number of hydrogen-bond acceptors (Lipinski definition) is 5. The number of sulfonamides is 1. The SMILES string of the molecule is COc1ccc(NS(=O)(=O)c2c(C)csc2CN)cc1F. The second kappa shape index (κ2) is 6.00. The third-order valence-electron chi connectivity index (χ3n) is 2.85. The van der Waals surface area contributed by atoms with Gasteiger partial charge in [0.2, 0.25) is 0 Å². The van der Waals surface area contributed by atoms with E-state index in [4.69, 9.17) is 10.5 Å². The van der Waals surface area contributed by atoms with Crippen LogP contribution in [0.4, 0.5) is 10.1 Å². The van der Waals surface area contributed by atoms with Crippen LogP contribution in [0.25, 0.3) is 0 Å². The van der Waals surface area contributed by atoms with Crippen molar-refractivity contribution in [2.75, 3.05) is 11.8 Å². The molecule has 0 radical (unpaired) electrons. The minimum atomic E-state index is -3.81. The van der Waals surface area contributed by atoms with Crippen molar-refractivity contribution in [1.29, 1.82) is 0 Å². The summed E-state index contributed by atoms with van der Waals surface area (Å²) in [6.45, 7) is 1.82. The zero-order chi connectivity index (χ0) is 15.6. The number of nitrogens with one attached hydrogen (secondary N) is 1. The Labute approximate surface area is 126 Å². The van der Waals surface area contributed by atoms with E-state index in [1.165, 1.54) is 30.6 Å². The fourth-order valence-electron chi connectivity index (χ4n) is 1.93. The van der Waals surface area contributed by atoms with Gasteiger partial charge in [-0.2, -0.15) is 0 Å². The summed E-state index contributed by atoms with van der Waals surface area (Å²) >= 11 is 1.28. The average Bonchev–Trinajstić information content (AvgIpc) is 2.80. The summed E-state index contributed by atoms with van der Waals surface area (Å²) < 4.78 is 45.6. The lowest BCUT2D eigenvalue weighted by Crippen LogP contribution is -2.16. The molecule has 5 nitrogen and oxygen atoms in total. The molecule has 0 amide bonds. The Morgan fingerprint density at radius 1 is 1.43 bits per heavy atom. The number of ether oxygens (including phenoxy) is 1. The van der Waals surface area contributed by atoms with Gasteiger partial charge in [0.25, 0.3) is 10.0 Å². The molecule has 2 aromatic rings. The fourth-order valence-corrected chi connectivity index (χ4v) is 4.68. The molecule has 21 heavy (non-hydrogen) atoms.